The van der Waals surface area contributed by atoms with Gasteiger partial charge in [-0.1, -0.05) is 31.8 Å². The molecule has 1 aliphatic carbocycles. The number of ether oxygens (including phenoxy) is 1. The predicted octanol–water partition coefficient (Wildman–Crippen LogP) is 3.28. The minimum absolute atomic E-state index is 0.132. The van der Waals surface area contributed by atoms with Crippen LogP contribution in [-0.2, 0) is 14.3 Å². The van der Waals surface area contributed by atoms with Crippen LogP contribution in [0.3, 0.4) is 0 Å². The molecule has 1 aliphatic rings. The predicted molar refractivity (Wildman–Crippen MR) is 71.1 cm³/mol. The quantitative estimate of drug-likeness (QED) is 0.538. The third-order valence-electron chi connectivity index (χ3n) is 3.53. The van der Waals surface area contributed by atoms with Gasteiger partial charge < -0.3 is 4.74 Å². The molecule has 2 atom stereocenters. The van der Waals surface area contributed by atoms with Crippen molar-refractivity contribution in [1.29, 1.82) is 0 Å². The topological polar surface area (TPSA) is 43.4 Å². The van der Waals surface area contributed by atoms with Gasteiger partial charge in [0.05, 0.1) is 12.5 Å². The van der Waals surface area contributed by atoms with E-state index in [1.54, 1.807) is 6.08 Å². The molecule has 18 heavy (non-hydrogen) atoms. The molecule has 0 aromatic carbocycles. The van der Waals surface area contributed by atoms with Crippen LogP contribution >= 0.6 is 0 Å². The number of allylic oxidation sites excluding steroid dienone is 1. The Balaban J connectivity index is 2.74. The first-order valence-corrected chi connectivity index (χ1v) is 6.97. The minimum atomic E-state index is -0.209. The van der Waals surface area contributed by atoms with Crippen molar-refractivity contribution in [2.45, 2.75) is 52.9 Å². The lowest BCUT2D eigenvalue weighted by molar-refractivity contribution is -0.149. The van der Waals surface area contributed by atoms with Gasteiger partial charge in [0.1, 0.15) is 0 Å². The highest BCUT2D eigenvalue weighted by Gasteiger charge is 2.35. The van der Waals surface area contributed by atoms with E-state index in [0.29, 0.717) is 13.0 Å². The Bertz CT molecular complexity index is 331. The van der Waals surface area contributed by atoms with Crippen molar-refractivity contribution in [2.24, 2.45) is 11.8 Å². The van der Waals surface area contributed by atoms with Gasteiger partial charge in [0.25, 0.3) is 0 Å². The summed E-state index contributed by atoms with van der Waals surface area (Å²) in [5, 5.41) is 0. The number of unbranched alkanes of at least 4 members (excludes halogenated alkanes) is 2. The van der Waals surface area contributed by atoms with Gasteiger partial charge in [0.2, 0.25) is 0 Å². The van der Waals surface area contributed by atoms with Gasteiger partial charge in [-0.3, -0.25) is 9.59 Å². The van der Waals surface area contributed by atoms with Crippen LogP contribution in [0.2, 0.25) is 0 Å². The number of carbonyl (C=O) groups excluding carboxylic acids is 2. The van der Waals surface area contributed by atoms with Crippen molar-refractivity contribution in [2.75, 3.05) is 6.61 Å². The van der Waals surface area contributed by atoms with E-state index in [-0.39, 0.29) is 23.6 Å². The van der Waals surface area contributed by atoms with Crippen LogP contribution in [0.5, 0.6) is 0 Å². The summed E-state index contributed by atoms with van der Waals surface area (Å²) in [6.07, 6.45) is 6.43. The van der Waals surface area contributed by atoms with Crippen molar-refractivity contribution in [3.05, 3.63) is 11.6 Å². The molecule has 0 spiro atoms. The summed E-state index contributed by atoms with van der Waals surface area (Å²) in [6.45, 7) is 6.24. The number of esters is 1. The van der Waals surface area contributed by atoms with E-state index in [0.717, 1.165) is 31.3 Å². The molecule has 0 heterocycles. The molecule has 1 rings (SSSR count). The van der Waals surface area contributed by atoms with Crippen LogP contribution in [0, 0.1) is 11.8 Å². The molecule has 102 valence electrons. The second kappa shape index (κ2) is 7.34. The lowest BCUT2D eigenvalue weighted by Crippen LogP contribution is -2.32. The molecule has 0 aliphatic heterocycles. The molecule has 0 aromatic heterocycles. The molecule has 0 bridgehead atoms. The van der Waals surface area contributed by atoms with E-state index in [9.17, 15) is 9.59 Å². The lowest BCUT2D eigenvalue weighted by atomic mass is 9.76. The van der Waals surface area contributed by atoms with Crippen molar-refractivity contribution < 1.29 is 14.3 Å². The van der Waals surface area contributed by atoms with Crippen LogP contribution in [0.4, 0.5) is 0 Å². The number of ketones is 1. The van der Waals surface area contributed by atoms with Gasteiger partial charge in [0.15, 0.2) is 5.78 Å². The average molecular weight is 252 g/mol. The van der Waals surface area contributed by atoms with Crippen molar-refractivity contribution >= 4 is 11.8 Å². The number of hydrogen-bond donors (Lipinski definition) is 0. The highest BCUT2D eigenvalue weighted by atomic mass is 16.5. The van der Waals surface area contributed by atoms with Crippen LogP contribution in [-0.4, -0.2) is 18.4 Å². The second-order valence-electron chi connectivity index (χ2n) is 5.04. The summed E-state index contributed by atoms with van der Waals surface area (Å²) in [5.41, 5.74) is 0.867. The van der Waals surface area contributed by atoms with E-state index in [1.807, 2.05) is 13.8 Å². The van der Waals surface area contributed by atoms with Crippen molar-refractivity contribution in [3.63, 3.8) is 0 Å². The highest BCUT2D eigenvalue weighted by molar-refractivity contribution is 5.94. The van der Waals surface area contributed by atoms with Gasteiger partial charge >= 0.3 is 5.97 Å². The molecule has 0 fully saturated rings. The second-order valence-corrected chi connectivity index (χ2v) is 5.04. The SMILES string of the molecule is CCCCCC1CC(=O)C=C(C)C1C(=O)OCC. The van der Waals surface area contributed by atoms with Gasteiger partial charge in [-0.15, -0.1) is 0 Å². The van der Waals surface area contributed by atoms with Crippen molar-refractivity contribution in [1.82, 2.24) is 0 Å². The van der Waals surface area contributed by atoms with Gasteiger partial charge in [-0.05, 0) is 32.3 Å². The highest BCUT2D eigenvalue weighted by Crippen LogP contribution is 2.33. The maximum Gasteiger partial charge on any atom is 0.313 e. The zero-order valence-electron chi connectivity index (χ0n) is 11.7. The average Bonchev–Trinajstić information content (AvgIpc) is 2.28. The fourth-order valence-electron chi connectivity index (χ4n) is 2.69. The smallest absolute Gasteiger partial charge is 0.313 e. The first-order chi connectivity index (χ1) is 8.60. The first kappa shape index (κ1) is 14.9. The summed E-state index contributed by atoms with van der Waals surface area (Å²) in [4.78, 5) is 23.6. The summed E-state index contributed by atoms with van der Waals surface area (Å²) in [7, 11) is 0. The molecular weight excluding hydrogens is 228 g/mol. The zero-order valence-corrected chi connectivity index (χ0v) is 11.7. The molecule has 3 heteroatoms. The standard InChI is InChI=1S/C15H24O3/c1-4-6-7-8-12-10-13(16)9-11(3)14(12)15(17)18-5-2/h9,12,14H,4-8,10H2,1-3H3. The molecule has 0 amide bonds. The summed E-state index contributed by atoms with van der Waals surface area (Å²) in [5.74, 6) is -0.0950. The molecule has 3 nitrogen and oxygen atoms in total. The fourth-order valence-corrected chi connectivity index (χ4v) is 2.69. The van der Waals surface area contributed by atoms with Crippen molar-refractivity contribution in [3.8, 4) is 0 Å². The summed E-state index contributed by atoms with van der Waals surface area (Å²) in [6, 6.07) is 0. The van der Waals surface area contributed by atoms with E-state index in [4.69, 9.17) is 4.74 Å². The lowest BCUT2D eigenvalue weighted by Gasteiger charge is -2.29. The minimum Gasteiger partial charge on any atom is -0.466 e. The van der Waals surface area contributed by atoms with E-state index in [1.165, 1.54) is 0 Å². The Kier molecular flexibility index (Phi) is 6.10. The molecule has 0 radical (unpaired) electrons. The number of carbonyl (C=O) groups is 2. The summed E-state index contributed by atoms with van der Waals surface area (Å²) >= 11 is 0. The van der Waals surface area contributed by atoms with E-state index >= 15 is 0 Å². The Morgan fingerprint density at radius 1 is 1.39 bits per heavy atom. The van der Waals surface area contributed by atoms with E-state index in [2.05, 4.69) is 6.92 Å². The van der Waals surface area contributed by atoms with Gasteiger partial charge in [-0.25, -0.2) is 0 Å². The van der Waals surface area contributed by atoms with E-state index < -0.39 is 0 Å². The monoisotopic (exact) mass is 252 g/mol. The zero-order chi connectivity index (χ0) is 13.5. The van der Waals surface area contributed by atoms with Crippen LogP contribution in [0.25, 0.3) is 0 Å². The van der Waals surface area contributed by atoms with Crippen LogP contribution in [0.15, 0.2) is 11.6 Å². The van der Waals surface area contributed by atoms with Crippen LogP contribution < -0.4 is 0 Å². The third-order valence-corrected chi connectivity index (χ3v) is 3.53. The Morgan fingerprint density at radius 3 is 2.72 bits per heavy atom. The fraction of sp³-hybridized carbons (Fsp3) is 0.733. The molecule has 2 unspecified atom stereocenters. The molecular formula is C15H24O3. The Labute approximate surface area is 110 Å². The number of rotatable bonds is 6. The molecule has 0 saturated carbocycles. The Hall–Kier alpha value is -1.12. The molecule has 0 N–H and O–H groups in total. The first-order valence-electron chi connectivity index (χ1n) is 6.97. The van der Waals surface area contributed by atoms with Gasteiger partial charge in [0, 0.05) is 6.42 Å². The summed E-state index contributed by atoms with van der Waals surface area (Å²) < 4.78 is 5.13. The Morgan fingerprint density at radius 2 is 2.11 bits per heavy atom. The maximum absolute atomic E-state index is 12.0. The molecule has 0 saturated heterocycles. The van der Waals surface area contributed by atoms with Crippen LogP contribution in [0.1, 0.15) is 52.9 Å². The normalized spacial score (nSPS) is 23.7. The van der Waals surface area contributed by atoms with Gasteiger partial charge in [-0.2, -0.15) is 0 Å². The largest absolute Gasteiger partial charge is 0.466 e. The third kappa shape index (κ3) is 3.97. The molecule has 0 aromatic rings. The number of hydrogen-bond acceptors (Lipinski definition) is 3. The maximum atomic E-state index is 12.0.